The minimum Gasteiger partial charge on any atom is -0.496 e. The largest absolute Gasteiger partial charge is 0.496 e. The Morgan fingerprint density at radius 1 is 1.14 bits per heavy atom. The topological polar surface area (TPSA) is 77.0 Å². The van der Waals surface area contributed by atoms with Gasteiger partial charge in [0.05, 0.1) is 13.7 Å². The molecule has 0 amide bonds. The molecule has 0 bridgehead atoms. The average Bonchev–Trinajstić information content (AvgIpc) is 2.72. The number of aryl methyl sites for hydroxylation is 1. The summed E-state index contributed by atoms with van der Waals surface area (Å²) in [5.41, 5.74) is 3.31. The molecule has 0 fully saturated rings. The summed E-state index contributed by atoms with van der Waals surface area (Å²) in [5, 5.41) is 6.63. The number of nitrogens with one attached hydrogen (secondary N) is 2. The quantitative estimate of drug-likeness (QED) is 0.220. The van der Waals surface area contributed by atoms with Crippen LogP contribution in [0.25, 0.3) is 0 Å². The van der Waals surface area contributed by atoms with Crippen molar-refractivity contribution in [3.63, 3.8) is 0 Å². The van der Waals surface area contributed by atoms with Crippen LogP contribution in [-0.4, -0.2) is 52.0 Å². The molecule has 0 aliphatic heterocycles. The van der Waals surface area contributed by atoms with Gasteiger partial charge in [0.15, 0.2) is 5.96 Å². The van der Waals surface area contributed by atoms with Crippen LogP contribution in [0.5, 0.6) is 11.6 Å². The summed E-state index contributed by atoms with van der Waals surface area (Å²) in [6.07, 6.45) is 2.59. The van der Waals surface area contributed by atoms with Crippen molar-refractivity contribution in [3.8, 4) is 11.6 Å². The second-order valence-electron chi connectivity index (χ2n) is 6.22. The molecule has 2 rings (SSSR count). The summed E-state index contributed by atoms with van der Waals surface area (Å²) < 4.78 is 16.1. The van der Waals surface area contributed by atoms with Crippen molar-refractivity contribution >= 4 is 29.9 Å². The molecule has 0 aliphatic carbocycles. The molecule has 29 heavy (non-hydrogen) atoms. The first-order valence-electron chi connectivity index (χ1n) is 9.31. The van der Waals surface area contributed by atoms with Gasteiger partial charge in [0.1, 0.15) is 12.4 Å². The zero-order chi connectivity index (χ0) is 20.2. The molecule has 0 aliphatic rings. The molecule has 0 saturated carbocycles. The lowest BCUT2D eigenvalue weighted by Gasteiger charge is -2.14. The Hall–Kier alpha value is -2.07. The highest BCUT2D eigenvalue weighted by Gasteiger charge is 2.06. The van der Waals surface area contributed by atoms with Crippen LogP contribution in [0.3, 0.4) is 0 Å². The number of methoxy groups -OCH3 is 2. The second kappa shape index (κ2) is 14.0. The van der Waals surface area contributed by atoms with E-state index in [0.29, 0.717) is 25.6 Å². The van der Waals surface area contributed by atoms with Crippen molar-refractivity contribution in [1.29, 1.82) is 0 Å². The van der Waals surface area contributed by atoms with E-state index in [-0.39, 0.29) is 24.0 Å². The maximum Gasteiger partial charge on any atom is 0.218 e. The highest BCUT2D eigenvalue weighted by Crippen LogP contribution is 2.19. The number of aliphatic imine (C=N–C) groups is 1. The summed E-state index contributed by atoms with van der Waals surface area (Å²) in [6, 6.07) is 10.1. The zero-order valence-electron chi connectivity index (χ0n) is 17.5. The van der Waals surface area contributed by atoms with E-state index in [1.807, 2.05) is 19.1 Å². The number of pyridine rings is 1. The molecule has 160 valence electrons. The van der Waals surface area contributed by atoms with Crippen molar-refractivity contribution in [2.45, 2.75) is 19.9 Å². The average molecular weight is 514 g/mol. The van der Waals surface area contributed by atoms with Gasteiger partial charge in [-0.15, -0.1) is 24.0 Å². The lowest BCUT2D eigenvalue weighted by Crippen LogP contribution is -2.38. The van der Waals surface area contributed by atoms with Crippen LogP contribution in [0.2, 0.25) is 0 Å². The molecule has 1 heterocycles. The van der Waals surface area contributed by atoms with Crippen LogP contribution in [-0.2, 0) is 17.7 Å². The summed E-state index contributed by atoms with van der Waals surface area (Å²) in [7, 11) is 5.10. The number of rotatable bonds is 10. The molecular formula is C21H31IN4O3. The maximum atomic E-state index is 5.67. The van der Waals surface area contributed by atoms with E-state index in [2.05, 4.69) is 38.8 Å². The molecule has 0 atom stereocenters. The summed E-state index contributed by atoms with van der Waals surface area (Å²) in [4.78, 5) is 8.57. The third-order valence-corrected chi connectivity index (χ3v) is 4.22. The highest BCUT2D eigenvalue weighted by atomic mass is 127. The Balaban J connectivity index is 0.00000420. The molecule has 0 spiro atoms. The standard InChI is InChI=1S/C21H30N4O3.HI/c1-16-7-8-17(14-19(16)27-4)9-11-24-21(22-2)25-15-18-6-5-10-23-20(18)28-13-12-26-3;/h5-8,10,14H,9,11-13,15H2,1-4H3,(H2,22,24,25);1H. The highest BCUT2D eigenvalue weighted by molar-refractivity contribution is 14.0. The fourth-order valence-electron chi connectivity index (χ4n) is 2.66. The summed E-state index contributed by atoms with van der Waals surface area (Å²) in [5.74, 6) is 2.25. The van der Waals surface area contributed by atoms with Crippen LogP contribution in [0.4, 0.5) is 0 Å². The van der Waals surface area contributed by atoms with E-state index >= 15 is 0 Å². The molecule has 2 aromatic rings. The van der Waals surface area contributed by atoms with E-state index in [1.54, 1.807) is 27.5 Å². The minimum atomic E-state index is 0. The normalized spacial score (nSPS) is 10.8. The Morgan fingerprint density at radius 3 is 2.69 bits per heavy atom. The Bertz CT molecular complexity index is 771. The Morgan fingerprint density at radius 2 is 1.97 bits per heavy atom. The van der Waals surface area contributed by atoms with Crippen molar-refractivity contribution < 1.29 is 14.2 Å². The molecular weight excluding hydrogens is 483 g/mol. The van der Waals surface area contributed by atoms with E-state index in [1.165, 1.54) is 5.56 Å². The molecule has 2 N–H and O–H groups in total. The van der Waals surface area contributed by atoms with Crippen molar-refractivity contribution in [2.24, 2.45) is 4.99 Å². The summed E-state index contributed by atoms with van der Waals surface area (Å²) in [6.45, 7) is 4.35. The number of hydrogen-bond donors (Lipinski definition) is 2. The van der Waals surface area contributed by atoms with Gasteiger partial charge in [-0.3, -0.25) is 4.99 Å². The van der Waals surface area contributed by atoms with Gasteiger partial charge in [-0.1, -0.05) is 18.2 Å². The zero-order valence-corrected chi connectivity index (χ0v) is 19.9. The van der Waals surface area contributed by atoms with Crippen LogP contribution in [0, 0.1) is 6.92 Å². The monoisotopic (exact) mass is 514 g/mol. The third-order valence-electron chi connectivity index (χ3n) is 4.22. The van der Waals surface area contributed by atoms with Gasteiger partial charge in [-0.25, -0.2) is 4.98 Å². The fraction of sp³-hybridized carbons (Fsp3) is 0.429. The fourth-order valence-corrected chi connectivity index (χ4v) is 2.66. The smallest absolute Gasteiger partial charge is 0.218 e. The van der Waals surface area contributed by atoms with Crippen LogP contribution < -0.4 is 20.1 Å². The number of ether oxygens (including phenoxy) is 3. The van der Waals surface area contributed by atoms with Gasteiger partial charge in [0.25, 0.3) is 0 Å². The second-order valence-corrected chi connectivity index (χ2v) is 6.22. The van der Waals surface area contributed by atoms with Gasteiger partial charge in [0.2, 0.25) is 5.88 Å². The molecule has 1 aromatic heterocycles. The maximum absolute atomic E-state index is 5.67. The molecule has 0 radical (unpaired) electrons. The number of hydrogen-bond acceptors (Lipinski definition) is 5. The van der Waals surface area contributed by atoms with Crippen molar-refractivity contribution in [1.82, 2.24) is 15.6 Å². The van der Waals surface area contributed by atoms with Crippen molar-refractivity contribution in [2.75, 3.05) is 41.0 Å². The number of nitrogens with zero attached hydrogens (tertiary/aromatic N) is 2. The van der Waals surface area contributed by atoms with Crippen molar-refractivity contribution in [3.05, 3.63) is 53.2 Å². The number of guanidine groups is 1. The number of aromatic nitrogens is 1. The van der Waals surface area contributed by atoms with Gasteiger partial charge in [0, 0.05) is 39.0 Å². The molecule has 7 nitrogen and oxygen atoms in total. The molecule has 8 heteroatoms. The predicted molar refractivity (Wildman–Crippen MR) is 127 cm³/mol. The van der Waals surface area contributed by atoms with E-state index in [4.69, 9.17) is 14.2 Å². The Kier molecular flexibility index (Phi) is 12.1. The van der Waals surface area contributed by atoms with Gasteiger partial charge >= 0.3 is 0 Å². The lowest BCUT2D eigenvalue weighted by molar-refractivity contribution is 0.143. The number of benzene rings is 1. The lowest BCUT2D eigenvalue weighted by atomic mass is 10.1. The summed E-state index contributed by atoms with van der Waals surface area (Å²) >= 11 is 0. The van der Waals surface area contributed by atoms with Gasteiger partial charge in [-0.05, 0) is 36.6 Å². The van der Waals surface area contributed by atoms with E-state index in [0.717, 1.165) is 35.8 Å². The first-order chi connectivity index (χ1) is 13.7. The molecule has 1 aromatic carbocycles. The third kappa shape index (κ3) is 8.45. The van der Waals surface area contributed by atoms with Crippen LogP contribution in [0.1, 0.15) is 16.7 Å². The molecule has 0 unspecified atom stereocenters. The van der Waals surface area contributed by atoms with Crippen LogP contribution >= 0.6 is 24.0 Å². The Labute approximate surface area is 190 Å². The van der Waals surface area contributed by atoms with Crippen LogP contribution in [0.15, 0.2) is 41.5 Å². The molecule has 0 saturated heterocycles. The first kappa shape index (κ1) is 25.0. The first-order valence-corrected chi connectivity index (χ1v) is 9.31. The SMILES string of the molecule is CN=C(NCCc1ccc(C)c(OC)c1)NCc1cccnc1OCCOC.I. The minimum absolute atomic E-state index is 0. The van der Waals surface area contributed by atoms with Gasteiger partial charge < -0.3 is 24.8 Å². The van der Waals surface area contributed by atoms with E-state index < -0.39 is 0 Å². The van der Waals surface area contributed by atoms with E-state index in [9.17, 15) is 0 Å². The number of halogens is 1. The predicted octanol–water partition coefficient (Wildman–Crippen LogP) is 2.95. The van der Waals surface area contributed by atoms with Gasteiger partial charge in [-0.2, -0.15) is 0 Å².